The Balaban J connectivity index is 2.16. The van der Waals surface area contributed by atoms with Gasteiger partial charge in [0.05, 0.1) is 19.4 Å². The first kappa shape index (κ1) is 16.2. The Hall–Kier alpha value is -1.13. The minimum atomic E-state index is 0.207. The lowest BCUT2D eigenvalue weighted by Crippen LogP contribution is -2.38. The molecule has 4 nitrogen and oxygen atoms in total. The molecule has 1 N–H and O–H groups in total. The maximum atomic E-state index is 9.37. The zero-order valence-electron chi connectivity index (χ0n) is 13.6. The monoisotopic (exact) mass is 292 g/mol. The van der Waals surface area contributed by atoms with Gasteiger partial charge in [-0.1, -0.05) is 19.3 Å². The third-order valence-electron chi connectivity index (χ3n) is 4.58. The first-order valence-corrected chi connectivity index (χ1v) is 8.01. The molecule has 0 amide bonds. The predicted molar refractivity (Wildman–Crippen MR) is 84.6 cm³/mol. The van der Waals surface area contributed by atoms with Gasteiger partial charge in [0.1, 0.15) is 5.75 Å². The molecule has 0 unspecified atom stereocenters. The van der Waals surface area contributed by atoms with Gasteiger partial charge in [0.2, 0.25) is 0 Å². The molecule has 21 heavy (non-hydrogen) atoms. The van der Waals surface area contributed by atoms with Crippen LogP contribution >= 0.6 is 0 Å². The van der Waals surface area contributed by atoms with E-state index in [1.807, 2.05) is 13.1 Å². The van der Waals surface area contributed by atoms with Crippen LogP contribution in [-0.4, -0.2) is 41.3 Å². The van der Waals surface area contributed by atoms with Crippen molar-refractivity contribution in [1.82, 2.24) is 9.88 Å². The van der Waals surface area contributed by atoms with Crippen LogP contribution in [0.25, 0.3) is 0 Å². The van der Waals surface area contributed by atoms with Crippen molar-refractivity contribution in [2.24, 2.45) is 0 Å². The Bertz CT molecular complexity index is 456. The number of pyridine rings is 1. The second-order valence-corrected chi connectivity index (χ2v) is 6.03. The minimum absolute atomic E-state index is 0.207. The molecule has 4 heteroatoms. The fourth-order valence-corrected chi connectivity index (χ4v) is 3.39. The minimum Gasteiger partial charge on any atom is -0.496 e. The SMILES string of the molecule is COc1c(C)cnc(CN(CCO)C2CCCCC2)c1C. The zero-order chi connectivity index (χ0) is 15.2. The van der Waals surface area contributed by atoms with E-state index >= 15 is 0 Å². The van der Waals surface area contributed by atoms with E-state index in [9.17, 15) is 5.11 Å². The summed E-state index contributed by atoms with van der Waals surface area (Å²) in [5, 5.41) is 9.37. The third kappa shape index (κ3) is 3.95. The molecule has 1 aliphatic carbocycles. The molecule has 1 aliphatic rings. The lowest BCUT2D eigenvalue weighted by molar-refractivity contribution is 0.115. The number of hydrogen-bond acceptors (Lipinski definition) is 4. The number of aromatic nitrogens is 1. The van der Waals surface area contributed by atoms with E-state index in [0.29, 0.717) is 6.04 Å². The first-order chi connectivity index (χ1) is 10.2. The van der Waals surface area contributed by atoms with E-state index in [0.717, 1.165) is 35.7 Å². The number of aryl methyl sites for hydroxylation is 1. The van der Waals surface area contributed by atoms with E-state index in [4.69, 9.17) is 4.74 Å². The molecule has 1 aromatic heterocycles. The van der Waals surface area contributed by atoms with Crippen LogP contribution in [0.15, 0.2) is 6.20 Å². The highest BCUT2D eigenvalue weighted by molar-refractivity contribution is 5.41. The molecule has 1 heterocycles. The summed E-state index contributed by atoms with van der Waals surface area (Å²) in [6, 6.07) is 0.583. The summed E-state index contributed by atoms with van der Waals surface area (Å²) in [4.78, 5) is 6.99. The predicted octanol–water partition coefficient (Wildman–Crippen LogP) is 2.83. The van der Waals surface area contributed by atoms with Crippen LogP contribution in [0.4, 0.5) is 0 Å². The number of methoxy groups -OCH3 is 1. The number of aliphatic hydroxyl groups is 1. The molecule has 2 rings (SSSR count). The number of hydrogen-bond donors (Lipinski definition) is 1. The van der Waals surface area contributed by atoms with Crippen LogP contribution in [0.2, 0.25) is 0 Å². The summed E-state index contributed by atoms with van der Waals surface area (Å²) in [7, 11) is 1.71. The van der Waals surface area contributed by atoms with Crippen molar-refractivity contribution in [3.63, 3.8) is 0 Å². The van der Waals surface area contributed by atoms with Crippen LogP contribution in [0.5, 0.6) is 5.75 Å². The van der Waals surface area contributed by atoms with Gasteiger partial charge in [-0.25, -0.2) is 0 Å². The summed E-state index contributed by atoms with van der Waals surface area (Å²) in [6.45, 7) is 5.83. The van der Waals surface area contributed by atoms with Crippen LogP contribution < -0.4 is 4.74 Å². The maximum Gasteiger partial charge on any atom is 0.128 e. The molecule has 0 radical (unpaired) electrons. The molecule has 0 spiro atoms. The summed E-state index contributed by atoms with van der Waals surface area (Å²) >= 11 is 0. The van der Waals surface area contributed by atoms with Gasteiger partial charge in [0.25, 0.3) is 0 Å². The van der Waals surface area contributed by atoms with Crippen molar-refractivity contribution in [3.05, 3.63) is 23.0 Å². The summed E-state index contributed by atoms with van der Waals surface area (Å²) < 4.78 is 5.50. The van der Waals surface area contributed by atoms with Gasteiger partial charge in [0, 0.05) is 36.5 Å². The van der Waals surface area contributed by atoms with E-state index in [1.54, 1.807) is 7.11 Å². The Morgan fingerprint density at radius 2 is 2.00 bits per heavy atom. The first-order valence-electron chi connectivity index (χ1n) is 8.01. The van der Waals surface area contributed by atoms with Crippen LogP contribution in [-0.2, 0) is 6.54 Å². The highest BCUT2D eigenvalue weighted by Crippen LogP contribution is 2.27. The lowest BCUT2D eigenvalue weighted by Gasteiger charge is -2.34. The average Bonchev–Trinajstić information content (AvgIpc) is 2.51. The number of rotatable bonds is 6. The normalized spacial score (nSPS) is 16.4. The Morgan fingerprint density at radius 1 is 1.29 bits per heavy atom. The molecular weight excluding hydrogens is 264 g/mol. The van der Waals surface area contributed by atoms with Crippen molar-refractivity contribution in [1.29, 1.82) is 0 Å². The van der Waals surface area contributed by atoms with Crippen molar-refractivity contribution in [2.45, 2.75) is 58.5 Å². The molecular formula is C17H28N2O2. The van der Waals surface area contributed by atoms with Gasteiger partial charge in [-0.05, 0) is 26.7 Å². The van der Waals surface area contributed by atoms with Crippen molar-refractivity contribution >= 4 is 0 Å². The van der Waals surface area contributed by atoms with Crippen molar-refractivity contribution < 1.29 is 9.84 Å². The summed E-state index contributed by atoms with van der Waals surface area (Å²) in [5.41, 5.74) is 3.26. The largest absolute Gasteiger partial charge is 0.496 e. The van der Waals surface area contributed by atoms with Crippen molar-refractivity contribution in [3.8, 4) is 5.75 Å². The van der Waals surface area contributed by atoms with E-state index in [1.165, 1.54) is 32.1 Å². The van der Waals surface area contributed by atoms with Gasteiger partial charge in [0.15, 0.2) is 0 Å². The average molecular weight is 292 g/mol. The van der Waals surface area contributed by atoms with E-state index in [2.05, 4.69) is 16.8 Å². The Kier molecular flexibility index (Phi) is 6.00. The molecule has 1 saturated carbocycles. The smallest absolute Gasteiger partial charge is 0.128 e. The van der Waals surface area contributed by atoms with Gasteiger partial charge in [-0.15, -0.1) is 0 Å². The Morgan fingerprint density at radius 3 is 2.62 bits per heavy atom. The Labute approximate surface area is 128 Å². The highest BCUT2D eigenvalue weighted by atomic mass is 16.5. The van der Waals surface area contributed by atoms with Gasteiger partial charge >= 0.3 is 0 Å². The molecule has 118 valence electrons. The summed E-state index contributed by atoms with van der Waals surface area (Å²) in [6.07, 6.45) is 8.31. The van der Waals surface area contributed by atoms with Crippen LogP contribution in [0.3, 0.4) is 0 Å². The quantitative estimate of drug-likeness (QED) is 0.876. The second kappa shape index (κ2) is 7.76. The fraction of sp³-hybridized carbons (Fsp3) is 0.706. The second-order valence-electron chi connectivity index (χ2n) is 6.03. The standard InChI is InChI=1S/C17H28N2O2/c1-13-11-18-16(14(2)17(13)21-3)12-19(9-10-20)15-7-5-4-6-8-15/h11,15,20H,4-10,12H2,1-3H3. The van der Waals surface area contributed by atoms with Crippen molar-refractivity contribution in [2.75, 3.05) is 20.3 Å². The number of nitrogens with zero attached hydrogens (tertiary/aromatic N) is 2. The number of aliphatic hydroxyl groups excluding tert-OH is 1. The van der Waals surface area contributed by atoms with Gasteiger partial charge < -0.3 is 9.84 Å². The number of ether oxygens (including phenoxy) is 1. The zero-order valence-corrected chi connectivity index (χ0v) is 13.6. The third-order valence-corrected chi connectivity index (χ3v) is 4.58. The maximum absolute atomic E-state index is 9.37. The molecule has 0 atom stereocenters. The molecule has 0 aliphatic heterocycles. The summed E-state index contributed by atoms with van der Waals surface area (Å²) in [5.74, 6) is 0.938. The van der Waals surface area contributed by atoms with Crippen LogP contribution in [0.1, 0.15) is 48.9 Å². The molecule has 1 aromatic rings. The highest BCUT2D eigenvalue weighted by Gasteiger charge is 2.22. The molecule has 1 fully saturated rings. The van der Waals surface area contributed by atoms with E-state index < -0.39 is 0 Å². The molecule has 0 saturated heterocycles. The van der Waals surface area contributed by atoms with Gasteiger partial charge in [-0.2, -0.15) is 0 Å². The fourth-order valence-electron chi connectivity index (χ4n) is 3.39. The topological polar surface area (TPSA) is 45.6 Å². The lowest BCUT2D eigenvalue weighted by atomic mass is 9.94. The molecule has 0 aromatic carbocycles. The molecule has 0 bridgehead atoms. The van der Waals surface area contributed by atoms with Gasteiger partial charge in [-0.3, -0.25) is 9.88 Å². The van der Waals surface area contributed by atoms with Crippen LogP contribution in [0, 0.1) is 13.8 Å². The van der Waals surface area contributed by atoms with E-state index in [-0.39, 0.29) is 6.61 Å².